The lowest BCUT2D eigenvalue weighted by atomic mass is 10.3. The van der Waals surface area contributed by atoms with Gasteiger partial charge in [0.15, 0.2) is 0 Å². The molecule has 19 heavy (non-hydrogen) atoms. The number of nitrogens with two attached hydrogens (primary N) is 1. The van der Waals surface area contributed by atoms with Crippen LogP contribution in [0.4, 0.5) is 0 Å². The number of likely N-dealkylation sites (N-methyl/N-ethyl adjacent to an activating group) is 1. The highest BCUT2D eigenvalue weighted by Gasteiger charge is 2.18. The number of rotatable bonds is 7. The zero-order valence-corrected chi connectivity index (χ0v) is 11.3. The maximum absolute atomic E-state index is 10.8. The Kier molecular flexibility index (Phi) is 7.34. The third-order valence-corrected chi connectivity index (χ3v) is 2.64. The molecule has 10 heteroatoms. The molecule has 108 valence electrons. The van der Waals surface area contributed by atoms with E-state index in [0.29, 0.717) is 0 Å². The van der Waals surface area contributed by atoms with Crippen molar-refractivity contribution in [3.63, 3.8) is 0 Å². The van der Waals surface area contributed by atoms with Gasteiger partial charge in [0.25, 0.3) is 0 Å². The van der Waals surface area contributed by atoms with Crippen LogP contribution in [0, 0.1) is 0 Å². The molecule has 0 saturated heterocycles. The van der Waals surface area contributed by atoms with E-state index in [1.165, 1.54) is 18.9 Å². The summed E-state index contributed by atoms with van der Waals surface area (Å²) in [6.07, 6.45) is 0. The monoisotopic (exact) mass is 292 g/mol. The van der Waals surface area contributed by atoms with Gasteiger partial charge in [-0.05, 0) is 11.9 Å². The molecule has 0 aromatic carbocycles. The Hall–Kier alpha value is -1.97. The molecule has 5 N–H and O–H groups in total. The molecule has 0 aromatic rings. The zero-order valence-electron chi connectivity index (χ0n) is 10.5. The lowest BCUT2D eigenvalue weighted by molar-refractivity contribution is -0.140. The van der Waals surface area contributed by atoms with Crippen molar-refractivity contribution >= 4 is 35.8 Å². The minimum absolute atomic E-state index is 0.0173. The van der Waals surface area contributed by atoms with Crippen LogP contribution in [-0.2, 0) is 14.4 Å². The fourth-order valence-electron chi connectivity index (χ4n) is 0.952. The first-order chi connectivity index (χ1) is 8.73. The number of hydrogen-bond acceptors (Lipinski definition) is 5. The summed E-state index contributed by atoms with van der Waals surface area (Å²) in [4.78, 5) is 33.2. The van der Waals surface area contributed by atoms with Crippen LogP contribution in [-0.4, -0.2) is 64.3 Å². The molecule has 0 rings (SSSR count). The predicted octanol–water partition coefficient (Wildman–Crippen LogP) is -1.44. The second-order valence-corrected chi connectivity index (χ2v) is 4.36. The van der Waals surface area contributed by atoms with Gasteiger partial charge in [-0.2, -0.15) is 4.40 Å². The van der Waals surface area contributed by atoms with Crippen LogP contribution in [0.15, 0.2) is 4.40 Å². The third-order valence-electron chi connectivity index (χ3n) is 1.84. The summed E-state index contributed by atoms with van der Waals surface area (Å²) >= 11 is 0.828. The molecule has 0 heterocycles. The van der Waals surface area contributed by atoms with Crippen LogP contribution in [0.2, 0.25) is 0 Å². The van der Waals surface area contributed by atoms with Gasteiger partial charge in [-0.15, -0.1) is 0 Å². The van der Waals surface area contributed by atoms with Gasteiger partial charge in [-0.3, -0.25) is 9.59 Å². The summed E-state index contributed by atoms with van der Waals surface area (Å²) in [5.41, 5.74) is 5.49. The van der Waals surface area contributed by atoms with E-state index in [1.807, 2.05) is 0 Å². The number of carbonyl (C=O) groups is 3. The van der Waals surface area contributed by atoms with Crippen LogP contribution in [0.3, 0.4) is 0 Å². The summed E-state index contributed by atoms with van der Waals surface area (Å²) in [5.74, 6) is -2.77. The van der Waals surface area contributed by atoms with Gasteiger partial charge in [-0.25, -0.2) is 4.79 Å². The smallest absolute Gasteiger partial charge is 0.327 e. The van der Waals surface area contributed by atoms with Crippen molar-refractivity contribution in [2.75, 3.05) is 19.3 Å². The normalized spacial score (nSPS) is 12.6. The average molecular weight is 292 g/mol. The highest BCUT2D eigenvalue weighted by molar-refractivity contribution is 7.98. The second kappa shape index (κ2) is 8.19. The molecule has 1 amide bonds. The molecule has 0 aliphatic rings. The number of amides is 1. The molecule has 0 radical (unpaired) electrons. The van der Waals surface area contributed by atoms with Crippen molar-refractivity contribution in [2.24, 2.45) is 10.1 Å². The Morgan fingerprint density at radius 2 is 2.00 bits per heavy atom. The highest BCUT2D eigenvalue weighted by atomic mass is 32.2. The van der Waals surface area contributed by atoms with Crippen LogP contribution in [0.1, 0.15) is 6.92 Å². The Morgan fingerprint density at radius 3 is 2.42 bits per heavy atom. The number of carboxylic acids is 2. The van der Waals surface area contributed by atoms with Crippen LogP contribution in [0.5, 0.6) is 0 Å². The van der Waals surface area contributed by atoms with Gasteiger partial charge in [0.1, 0.15) is 12.6 Å². The summed E-state index contributed by atoms with van der Waals surface area (Å²) in [5, 5.41) is 19.6. The molecule has 9 nitrogen and oxygen atoms in total. The average Bonchev–Trinajstić information content (AvgIpc) is 2.25. The number of carbonyl (C=O) groups excluding carboxylic acids is 1. The number of aliphatic carboxylic acids is 2. The van der Waals surface area contributed by atoms with Crippen molar-refractivity contribution in [1.82, 2.24) is 10.2 Å². The van der Waals surface area contributed by atoms with E-state index in [4.69, 9.17) is 15.9 Å². The molecule has 1 unspecified atom stereocenters. The third kappa shape index (κ3) is 7.86. The quantitative estimate of drug-likeness (QED) is 0.253. The van der Waals surface area contributed by atoms with E-state index in [1.54, 1.807) is 0 Å². The van der Waals surface area contributed by atoms with E-state index in [9.17, 15) is 14.4 Å². The number of carboxylic acid groups (broad SMARTS) is 2. The second-order valence-electron chi connectivity index (χ2n) is 3.59. The molecule has 0 aliphatic carbocycles. The molecule has 0 aromatic heterocycles. The van der Waals surface area contributed by atoms with E-state index >= 15 is 0 Å². The van der Waals surface area contributed by atoms with Gasteiger partial charge in [0.05, 0.1) is 0 Å². The van der Waals surface area contributed by atoms with Gasteiger partial charge >= 0.3 is 11.9 Å². The van der Waals surface area contributed by atoms with Gasteiger partial charge in [0.2, 0.25) is 11.9 Å². The fraction of sp³-hybridized carbons (Fsp3) is 0.556. The summed E-state index contributed by atoms with van der Waals surface area (Å²) in [6, 6.07) is -1.08. The Morgan fingerprint density at radius 1 is 1.42 bits per heavy atom. The molecular weight excluding hydrogens is 276 g/mol. The number of guanidine groups is 1. The highest BCUT2D eigenvalue weighted by Crippen LogP contribution is 2.05. The van der Waals surface area contributed by atoms with Crippen molar-refractivity contribution in [3.8, 4) is 0 Å². The first-order valence-electron chi connectivity index (χ1n) is 5.12. The number of nitrogens with zero attached hydrogens (tertiary/aromatic N) is 2. The number of hydrogen-bond donors (Lipinski definition) is 4. The minimum atomic E-state index is -1.18. The maximum Gasteiger partial charge on any atom is 0.327 e. The zero-order chi connectivity index (χ0) is 15.0. The van der Waals surface area contributed by atoms with E-state index in [2.05, 4.69) is 9.71 Å². The first kappa shape index (κ1) is 17.0. The Bertz CT molecular complexity index is 387. The molecule has 1 atom stereocenters. The van der Waals surface area contributed by atoms with E-state index in [0.717, 1.165) is 11.9 Å². The largest absolute Gasteiger partial charge is 0.480 e. The first-order valence-corrected chi connectivity index (χ1v) is 6.06. The fourth-order valence-corrected chi connectivity index (χ4v) is 1.67. The Labute approximate surface area is 114 Å². The van der Waals surface area contributed by atoms with Crippen molar-refractivity contribution < 1.29 is 24.6 Å². The SMILES string of the molecule is CC(=O)NC(CSN=C(N)N(C)CC(=O)O)C(=O)O. The standard InChI is InChI=1S/C9H16N4O5S/c1-5(14)11-6(8(17)18)4-19-12-9(10)13(2)3-7(15)16/h6H,3-4H2,1-2H3,(H2,10,12)(H,11,14)(H,15,16)(H,17,18). The lowest BCUT2D eigenvalue weighted by Gasteiger charge is -2.15. The Balaban J connectivity index is 4.33. The molecule has 0 aliphatic heterocycles. The summed E-state index contributed by atoms with van der Waals surface area (Å²) in [6.45, 7) is 0.892. The van der Waals surface area contributed by atoms with Crippen molar-refractivity contribution in [1.29, 1.82) is 0 Å². The van der Waals surface area contributed by atoms with Crippen molar-refractivity contribution in [3.05, 3.63) is 0 Å². The van der Waals surface area contributed by atoms with Crippen LogP contribution in [0.25, 0.3) is 0 Å². The van der Waals surface area contributed by atoms with E-state index in [-0.39, 0.29) is 18.3 Å². The minimum Gasteiger partial charge on any atom is -0.480 e. The van der Waals surface area contributed by atoms with Gasteiger partial charge in [0, 0.05) is 19.7 Å². The van der Waals surface area contributed by atoms with Gasteiger partial charge in [-0.1, -0.05) is 0 Å². The predicted molar refractivity (Wildman–Crippen MR) is 69.6 cm³/mol. The van der Waals surface area contributed by atoms with Crippen LogP contribution >= 0.6 is 11.9 Å². The number of nitrogens with one attached hydrogen (secondary N) is 1. The molecule has 0 saturated carbocycles. The summed E-state index contributed by atoms with van der Waals surface area (Å²) in [7, 11) is 1.44. The molecular formula is C9H16N4O5S. The van der Waals surface area contributed by atoms with Crippen molar-refractivity contribution in [2.45, 2.75) is 13.0 Å². The topological polar surface area (TPSA) is 145 Å². The van der Waals surface area contributed by atoms with Gasteiger partial charge < -0.3 is 26.2 Å². The lowest BCUT2D eigenvalue weighted by Crippen LogP contribution is -2.41. The summed E-state index contributed by atoms with van der Waals surface area (Å²) < 4.78 is 3.77. The molecule has 0 bridgehead atoms. The molecule has 0 fully saturated rings. The maximum atomic E-state index is 10.8. The van der Waals surface area contributed by atoms with E-state index < -0.39 is 23.9 Å². The molecule has 0 spiro atoms. The van der Waals surface area contributed by atoms with Crippen LogP contribution < -0.4 is 11.1 Å².